The van der Waals surface area contributed by atoms with E-state index in [0.717, 1.165) is 36.3 Å². The molecule has 0 bridgehead atoms. The number of ether oxygens (including phenoxy) is 1. The van der Waals surface area contributed by atoms with E-state index in [1.54, 1.807) is 0 Å². The number of fused-ring (bicyclic) bond motifs is 1. The zero-order chi connectivity index (χ0) is 12.4. The summed E-state index contributed by atoms with van der Waals surface area (Å²) in [6.45, 7) is 0.753. The smallest absolute Gasteiger partial charge is 0.115 e. The zero-order valence-electron chi connectivity index (χ0n) is 10.0. The Kier molecular flexibility index (Phi) is 3.00. The minimum atomic E-state index is -0.134. The van der Waals surface area contributed by atoms with Crippen molar-refractivity contribution >= 4 is 5.52 Å². The van der Waals surface area contributed by atoms with Crippen LogP contribution in [-0.2, 0) is 4.74 Å². The van der Waals surface area contributed by atoms with E-state index < -0.39 is 0 Å². The summed E-state index contributed by atoms with van der Waals surface area (Å²) in [6, 6.07) is 5.83. The van der Waals surface area contributed by atoms with Crippen molar-refractivity contribution in [2.45, 2.75) is 18.9 Å². The summed E-state index contributed by atoms with van der Waals surface area (Å²) in [6.07, 6.45) is 7.95. The maximum Gasteiger partial charge on any atom is 0.115 e. The summed E-state index contributed by atoms with van der Waals surface area (Å²) in [7, 11) is 0. The van der Waals surface area contributed by atoms with Crippen LogP contribution in [0.25, 0.3) is 5.52 Å². The number of hydrazine groups is 1. The lowest BCUT2D eigenvalue weighted by molar-refractivity contribution is 0.168. The first-order chi connectivity index (χ1) is 8.90. The molecule has 0 amide bonds. The number of nitrogens with two attached hydrogens (primary N) is 1. The Balaban J connectivity index is 2.03. The van der Waals surface area contributed by atoms with Crippen LogP contribution in [0.5, 0.6) is 0 Å². The van der Waals surface area contributed by atoms with E-state index in [1.807, 2.05) is 35.1 Å². The van der Waals surface area contributed by atoms with Gasteiger partial charge in [0, 0.05) is 11.8 Å². The Morgan fingerprint density at radius 1 is 1.44 bits per heavy atom. The summed E-state index contributed by atoms with van der Waals surface area (Å²) >= 11 is 0. The number of nitrogens with zero attached hydrogens (tertiary/aromatic N) is 2. The van der Waals surface area contributed by atoms with Gasteiger partial charge in [0.1, 0.15) is 11.8 Å². The fourth-order valence-electron chi connectivity index (χ4n) is 2.28. The molecule has 3 heterocycles. The number of rotatable bonds is 3. The normalized spacial score (nSPS) is 17.3. The van der Waals surface area contributed by atoms with E-state index in [4.69, 9.17) is 10.6 Å². The quantitative estimate of drug-likeness (QED) is 0.635. The third kappa shape index (κ3) is 1.87. The fraction of sp³-hybridized carbons (Fsp3) is 0.308. The molecule has 5 nitrogen and oxygen atoms in total. The molecule has 1 aliphatic heterocycles. The lowest BCUT2D eigenvalue weighted by atomic mass is 10.0. The first-order valence-electron chi connectivity index (χ1n) is 6.11. The van der Waals surface area contributed by atoms with Crippen molar-refractivity contribution in [3.63, 3.8) is 0 Å². The number of hydrogen-bond donors (Lipinski definition) is 2. The molecule has 0 radical (unpaired) electrons. The molecule has 1 unspecified atom stereocenters. The van der Waals surface area contributed by atoms with Crippen molar-refractivity contribution in [1.82, 2.24) is 15.0 Å². The van der Waals surface area contributed by atoms with Gasteiger partial charge in [-0.3, -0.25) is 5.84 Å². The van der Waals surface area contributed by atoms with Crippen LogP contribution in [0.4, 0.5) is 0 Å². The Hall–Kier alpha value is -1.85. The number of hydrogen-bond acceptors (Lipinski definition) is 4. The average molecular weight is 244 g/mol. The van der Waals surface area contributed by atoms with Crippen molar-refractivity contribution in [3.05, 3.63) is 48.0 Å². The van der Waals surface area contributed by atoms with Gasteiger partial charge in [-0.25, -0.2) is 9.94 Å². The molecule has 94 valence electrons. The van der Waals surface area contributed by atoms with E-state index in [1.165, 1.54) is 0 Å². The molecule has 3 rings (SSSR count). The maximum absolute atomic E-state index is 5.69. The van der Waals surface area contributed by atoms with E-state index in [2.05, 4.69) is 16.6 Å². The van der Waals surface area contributed by atoms with Crippen molar-refractivity contribution < 1.29 is 4.74 Å². The summed E-state index contributed by atoms with van der Waals surface area (Å²) in [5.74, 6) is 6.57. The summed E-state index contributed by atoms with van der Waals surface area (Å²) in [5.41, 5.74) is 4.89. The molecule has 5 heteroatoms. The van der Waals surface area contributed by atoms with Crippen molar-refractivity contribution in [2.24, 2.45) is 5.84 Å². The van der Waals surface area contributed by atoms with Gasteiger partial charge >= 0.3 is 0 Å². The van der Waals surface area contributed by atoms with Crippen LogP contribution in [0.2, 0.25) is 0 Å². The molecule has 0 aromatic carbocycles. The van der Waals surface area contributed by atoms with Crippen LogP contribution in [-0.4, -0.2) is 16.2 Å². The molecule has 1 aliphatic rings. The largest absolute Gasteiger partial charge is 0.496 e. The highest BCUT2D eigenvalue weighted by molar-refractivity contribution is 5.56. The summed E-state index contributed by atoms with van der Waals surface area (Å²) in [4.78, 5) is 0. The highest BCUT2D eigenvalue weighted by Crippen LogP contribution is 2.28. The van der Waals surface area contributed by atoms with Crippen LogP contribution in [0.1, 0.15) is 24.4 Å². The first kappa shape index (κ1) is 11.3. The van der Waals surface area contributed by atoms with Gasteiger partial charge in [0.2, 0.25) is 0 Å². The minimum Gasteiger partial charge on any atom is -0.496 e. The SMILES string of the molecule is NNC(C1=CCCCO1)c1cnn2ccccc12. The molecule has 0 aliphatic carbocycles. The van der Waals surface area contributed by atoms with Crippen LogP contribution < -0.4 is 11.3 Å². The highest BCUT2D eigenvalue weighted by Gasteiger charge is 2.21. The molecule has 0 fully saturated rings. The number of nitrogens with one attached hydrogen (secondary N) is 1. The van der Waals surface area contributed by atoms with E-state index >= 15 is 0 Å². The lowest BCUT2D eigenvalue weighted by Gasteiger charge is -2.22. The van der Waals surface area contributed by atoms with E-state index in [9.17, 15) is 0 Å². The Morgan fingerprint density at radius 2 is 2.39 bits per heavy atom. The van der Waals surface area contributed by atoms with Gasteiger partial charge in [-0.1, -0.05) is 6.07 Å². The second-order valence-corrected chi connectivity index (χ2v) is 4.33. The number of aromatic nitrogens is 2. The molecule has 18 heavy (non-hydrogen) atoms. The third-order valence-corrected chi connectivity index (χ3v) is 3.18. The maximum atomic E-state index is 5.69. The fourth-order valence-corrected chi connectivity index (χ4v) is 2.28. The molecule has 0 spiro atoms. The monoisotopic (exact) mass is 244 g/mol. The molecular formula is C13H16N4O. The second kappa shape index (κ2) is 4.80. The van der Waals surface area contributed by atoms with Crippen molar-refractivity contribution in [3.8, 4) is 0 Å². The van der Waals surface area contributed by atoms with Crippen molar-refractivity contribution in [2.75, 3.05) is 6.61 Å². The third-order valence-electron chi connectivity index (χ3n) is 3.18. The number of pyridine rings is 1. The minimum absolute atomic E-state index is 0.134. The first-order valence-corrected chi connectivity index (χ1v) is 6.11. The molecular weight excluding hydrogens is 228 g/mol. The highest BCUT2D eigenvalue weighted by atomic mass is 16.5. The van der Waals surface area contributed by atoms with Crippen molar-refractivity contribution in [1.29, 1.82) is 0 Å². The Bertz CT molecular complexity index is 575. The summed E-state index contributed by atoms with van der Waals surface area (Å²) in [5, 5.41) is 4.32. The van der Waals surface area contributed by atoms with Crippen LogP contribution in [0.3, 0.4) is 0 Å². The Labute approximate surface area is 105 Å². The standard InChI is InChI=1S/C13H16N4O/c14-16-13(12-6-2-4-8-18-12)10-9-15-17-7-3-1-5-11(10)17/h1,3,5-7,9,13,16H,2,4,8,14H2. The Morgan fingerprint density at radius 3 is 3.17 bits per heavy atom. The molecule has 0 saturated heterocycles. The van der Waals surface area contributed by atoms with Crippen LogP contribution in [0.15, 0.2) is 42.4 Å². The zero-order valence-corrected chi connectivity index (χ0v) is 10.0. The predicted octanol–water partition coefficient (Wildman–Crippen LogP) is 1.53. The molecule has 0 saturated carbocycles. The van der Waals surface area contributed by atoms with Gasteiger partial charge in [-0.05, 0) is 31.1 Å². The lowest BCUT2D eigenvalue weighted by Crippen LogP contribution is -2.31. The second-order valence-electron chi connectivity index (χ2n) is 4.33. The number of allylic oxidation sites excluding steroid dienone is 1. The molecule has 3 N–H and O–H groups in total. The van der Waals surface area contributed by atoms with Gasteiger partial charge in [0.25, 0.3) is 0 Å². The predicted molar refractivity (Wildman–Crippen MR) is 68.5 cm³/mol. The van der Waals surface area contributed by atoms with Gasteiger partial charge < -0.3 is 4.74 Å². The molecule has 2 aromatic heterocycles. The molecule has 2 aromatic rings. The van der Waals surface area contributed by atoms with E-state index in [-0.39, 0.29) is 6.04 Å². The molecule has 1 atom stereocenters. The van der Waals surface area contributed by atoms with Gasteiger partial charge in [0.15, 0.2) is 0 Å². The summed E-state index contributed by atoms with van der Waals surface area (Å²) < 4.78 is 7.52. The van der Waals surface area contributed by atoms with Gasteiger partial charge in [0.05, 0.1) is 18.3 Å². The average Bonchev–Trinajstić information content (AvgIpc) is 2.85. The van der Waals surface area contributed by atoms with Crippen LogP contribution >= 0.6 is 0 Å². The van der Waals surface area contributed by atoms with Gasteiger partial charge in [-0.15, -0.1) is 0 Å². The van der Waals surface area contributed by atoms with Crippen LogP contribution in [0, 0.1) is 0 Å². The van der Waals surface area contributed by atoms with E-state index in [0.29, 0.717) is 0 Å². The van der Waals surface area contributed by atoms with Gasteiger partial charge in [-0.2, -0.15) is 5.10 Å². The topological polar surface area (TPSA) is 64.6 Å².